The zero-order valence-electron chi connectivity index (χ0n) is 15.1. The lowest BCUT2D eigenvalue weighted by molar-refractivity contribution is 0.0965. The molecule has 1 N–H and O–H groups in total. The third-order valence-electron chi connectivity index (χ3n) is 5.44. The average molecular weight is 377 g/mol. The number of fused-ring (bicyclic) bond motifs is 2. The normalized spacial score (nSPS) is 14.7. The van der Waals surface area contributed by atoms with Gasteiger partial charge >= 0.3 is 0 Å². The van der Waals surface area contributed by atoms with Gasteiger partial charge in [0.25, 0.3) is 5.91 Å². The Bertz CT molecular complexity index is 1110. The zero-order chi connectivity index (χ0) is 19.3. The van der Waals surface area contributed by atoms with Crippen LogP contribution < -0.4 is 5.32 Å². The van der Waals surface area contributed by atoms with E-state index >= 15 is 0 Å². The highest BCUT2D eigenvalue weighted by Gasteiger charge is 2.27. The number of nitrogens with zero attached hydrogens (tertiary/aromatic N) is 2. The van der Waals surface area contributed by atoms with Crippen molar-refractivity contribution in [2.75, 3.05) is 0 Å². The van der Waals surface area contributed by atoms with Crippen LogP contribution in [0.4, 0.5) is 8.78 Å². The van der Waals surface area contributed by atoms with Crippen LogP contribution >= 0.6 is 0 Å². The Hall–Kier alpha value is -3.15. The second-order valence-corrected chi connectivity index (χ2v) is 7.24. The fraction of sp³-hybridized carbons (Fsp3) is 0.227. The lowest BCUT2D eigenvalue weighted by Crippen LogP contribution is -2.14. The number of hydrogen-bond donors (Lipinski definition) is 1. The smallest absolute Gasteiger partial charge is 0.253 e. The van der Waals surface area contributed by atoms with Crippen LogP contribution in [0.5, 0.6) is 0 Å². The van der Waals surface area contributed by atoms with E-state index in [1.165, 1.54) is 29.3 Å². The van der Waals surface area contributed by atoms with Crippen molar-refractivity contribution in [2.45, 2.75) is 32.2 Å². The number of benzene rings is 1. The summed E-state index contributed by atoms with van der Waals surface area (Å²) in [5, 5.41) is 2.75. The number of pyridine rings is 2. The molecular weight excluding hydrogens is 360 g/mol. The van der Waals surface area contributed by atoms with Gasteiger partial charge in [0.15, 0.2) is 0 Å². The highest BCUT2D eigenvalue weighted by atomic mass is 19.1. The van der Waals surface area contributed by atoms with Crippen molar-refractivity contribution in [2.24, 2.45) is 0 Å². The molecule has 3 heterocycles. The van der Waals surface area contributed by atoms with Crippen molar-refractivity contribution >= 4 is 5.91 Å². The van der Waals surface area contributed by atoms with Gasteiger partial charge in [-0.1, -0.05) is 6.07 Å². The third-order valence-corrected chi connectivity index (χ3v) is 5.44. The number of rotatable bonds is 3. The largest absolute Gasteiger partial charge is 0.346 e. The summed E-state index contributed by atoms with van der Waals surface area (Å²) in [6, 6.07) is 7.42. The summed E-state index contributed by atoms with van der Waals surface area (Å²) in [7, 11) is 0. The first-order valence-electron chi connectivity index (χ1n) is 9.32. The van der Waals surface area contributed by atoms with E-state index in [2.05, 4.69) is 21.4 Å². The van der Waals surface area contributed by atoms with Gasteiger partial charge in [0.05, 0.1) is 29.1 Å². The summed E-state index contributed by atoms with van der Waals surface area (Å²) in [5.41, 5.74) is 5.12. The van der Waals surface area contributed by atoms with Gasteiger partial charge in [0.1, 0.15) is 11.6 Å². The Labute approximate surface area is 160 Å². The van der Waals surface area contributed by atoms with E-state index in [4.69, 9.17) is 0 Å². The lowest BCUT2D eigenvalue weighted by Gasteiger charge is -2.11. The van der Waals surface area contributed by atoms with Crippen molar-refractivity contribution in [3.8, 4) is 11.3 Å². The highest BCUT2D eigenvalue weighted by molar-refractivity contribution is 5.99. The van der Waals surface area contributed by atoms with Crippen LogP contribution in [0.2, 0.25) is 0 Å². The first-order valence-corrected chi connectivity index (χ1v) is 9.32. The highest BCUT2D eigenvalue weighted by Crippen LogP contribution is 2.30. The molecule has 0 atom stereocenters. The molecule has 4 nitrogen and oxygen atoms in total. The van der Waals surface area contributed by atoms with Crippen LogP contribution in [0.15, 0.2) is 36.5 Å². The fourth-order valence-corrected chi connectivity index (χ4v) is 4.12. The van der Waals surface area contributed by atoms with Crippen molar-refractivity contribution in [1.82, 2.24) is 15.3 Å². The topological polar surface area (TPSA) is 54.9 Å². The molecular formula is C22H17F2N3O. The standard InChI is InChI=1S/C22H17F2N3O/c23-16-5-2-6-17(24)21(16)18-9-14(20-19(27-18)11-26-22(20)28)8-15-7-12-3-1-4-13(12)10-25-15/h2,5-7,9-10H,1,3-4,8,11H2,(H,26,28). The van der Waals surface area contributed by atoms with Gasteiger partial charge < -0.3 is 5.32 Å². The molecule has 0 unspecified atom stereocenters. The Kier molecular flexibility index (Phi) is 3.93. The van der Waals surface area contributed by atoms with Gasteiger partial charge in [-0.05, 0) is 60.2 Å². The number of halogens is 2. The molecule has 2 aromatic heterocycles. The summed E-state index contributed by atoms with van der Waals surface area (Å²) < 4.78 is 28.6. The Balaban J connectivity index is 1.63. The Morgan fingerprint density at radius 1 is 1.04 bits per heavy atom. The maximum absolute atomic E-state index is 14.3. The molecule has 0 fully saturated rings. The fourth-order valence-electron chi connectivity index (χ4n) is 4.12. The van der Waals surface area contributed by atoms with Crippen molar-refractivity contribution in [1.29, 1.82) is 0 Å². The molecule has 140 valence electrons. The molecule has 1 aliphatic carbocycles. The summed E-state index contributed by atoms with van der Waals surface area (Å²) in [6.07, 6.45) is 5.52. The Morgan fingerprint density at radius 2 is 1.82 bits per heavy atom. The van der Waals surface area contributed by atoms with Crippen molar-refractivity contribution in [3.05, 3.63) is 81.8 Å². The van der Waals surface area contributed by atoms with Gasteiger partial charge in [-0.3, -0.25) is 9.78 Å². The van der Waals surface area contributed by atoms with E-state index in [0.29, 0.717) is 23.2 Å². The Morgan fingerprint density at radius 3 is 2.64 bits per heavy atom. The van der Waals surface area contributed by atoms with E-state index < -0.39 is 11.6 Å². The van der Waals surface area contributed by atoms with Gasteiger partial charge in [0, 0.05) is 18.3 Å². The number of aromatic nitrogens is 2. The maximum atomic E-state index is 14.3. The quantitative estimate of drug-likeness (QED) is 0.756. The molecule has 28 heavy (non-hydrogen) atoms. The van der Waals surface area contributed by atoms with E-state index in [1.54, 1.807) is 6.07 Å². The molecule has 0 saturated heterocycles. The maximum Gasteiger partial charge on any atom is 0.253 e. The van der Waals surface area contributed by atoms with Gasteiger partial charge in [-0.25, -0.2) is 13.8 Å². The molecule has 1 aromatic carbocycles. The summed E-state index contributed by atoms with van der Waals surface area (Å²) in [6.45, 7) is 0.253. The number of amides is 1. The van der Waals surface area contributed by atoms with Crippen LogP contribution in [-0.2, 0) is 25.8 Å². The second-order valence-electron chi connectivity index (χ2n) is 7.24. The predicted molar refractivity (Wildman–Crippen MR) is 99.8 cm³/mol. The predicted octanol–water partition coefficient (Wildman–Crippen LogP) is 3.74. The SMILES string of the molecule is O=C1NCc2nc(-c3c(F)cccc3F)cc(Cc3cc4c(cn3)CCC4)c21. The van der Waals surface area contributed by atoms with Crippen molar-refractivity contribution in [3.63, 3.8) is 0 Å². The monoisotopic (exact) mass is 377 g/mol. The first-order chi connectivity index (χ1) is 13.6. The van der Waals surface area contributed by atoms with Gasteiger partial charge in [0.2, 0.25) is 0 Å². The van der Waals surface area contributed by atoms with Crippen LogP contribution in [0.3, 0.4) is 0 Å². The molecule has 2 aliphatic rings. The third kappa shape index (κ3) is 2.76. The molecule has 1 aliphatic heterocycles. The minimum atomic E-state index is -0.675. The molecule has 0 saturated carbocycles. The second kappa shape index (κ2) is 6.48. The van der Waals surface area contributed by atoms with Crippen LogP contribution in [0.25, 0.3) is 11.3 Å². The number of nitrogens with one attached hydrogen (secondary N) is 1. The summed E-state index contributed by atoms with van der Waals surface area (Å²) in [5.74, 6) is -1.56. The number of hydrogen-bond acceptors (Lipinski definition) is 3. The van der Waals surface area contributed by atoms with Crippen LogP contribution in [0.1, 0.15) is 44.9 Å². The number of carbonyl (C=O) groups excluding carboxylic acids is 1. The van der Waals surface area contributed by atoms with Gasteiger partial charge in [-0.2, -0.15) is 0 Å². The molecule has 0 radical (unpaired) electrons. The van der Waals surface area contributed by atoms with Crippen LogP contribution in [0, 0.1) is 11.6 Å². The number of carbonyl (C=O) groups is 1. The molecule has 5 rings (SSSR count). The van der Waals surface area contributed by atoms with Crippen LogP contribution in [-0.4, -0.2) is 15.9 Å². The van der Waals surface area contributed by atoms with E-state index in [0.717, 1.165) is 25.0 Å². The van der Waals surface area contributed by atoms with E-state index in [1.807, 2.05) is 6.20 Å². The lowest BCUT2D eigenvalue weighted by atomic mass is 9.98. The summed E-state index contributed by atoms with van der Waals surface area (Å²) in [4.78, 5) is 21.2. The minimum Gasteiger partial charge on any atom is -0.346 e. The summed E-state index contributed by atoms with van der Waals surface area (Å²) >= 11 is 0. The first kappa shape index (κ1) is 17.0. The van der Waals surface area contributed by atoms with E-state index in [-0.39, 0.29) is 23.7 Å². The zero-order valence-corrected chi connectivity index (χ0v) is 15.1. The number of aryl methyl sites for hydroxylation is 2. The van der Waals surface area contributed by atoms with E-state index in [9.17, 15) is 13.6 Å². The minimum absolute atomic E-state index is 0.173. The molecule has 3 aromatic rings. The van der Waals surface area contributed by atoms with Crippen molar-refractivity contribution < 1.29 is 13.6 Å². The van der Waals surface area contributed by atoms with Gasteiger partial charge in [-0.15, -0.1) is 0 Å². The molecule has 6 heteroatoms. The molecule has 0 bridgehead atoms. The molecule has 1 amide bonds. The molecule has 0 spiro atoms. The average Bonchev–Trinajstić information content (AvgIpc) is 3.28.